The Hall–Kier alpha value is -3.27. The van der Waals surface area contributed by atoms with E-state index in [0.29, 0.717) is 5.56 Å². The summed E-state index contributed by atoms with van der Waals surface area (Å²) in [5.41, 5.74) is 3.52. The highest BCUT2D eigenvalue weighted by Gasteiger charge is 2.15. The molecule has 1 aromatic heterocycles. The van der Waals surface area contributed by atoms with E-state index in [-0.39, 0.29) is 11.8 Å². The summed E-state index contributed by atoms with van der Waals surface area (Å²) >= 11 is 0. The fraction of sp³-hybridized carbons (Fsp3) is 0.0952. The fourth-order valence-electron chi connectivity index (χ4n) is 2.58. The van der Waals surface area contributed by atoms with Gasteiger partial charge < -0.3 is 14.8 Å². The molecule has 1 heterocycles. The van der Waals surface area contributed by atoms with E-state index in [2.05, 4.69) is 36.5 Å². The SMILES string of the molecule is CC(/C=C/c1ccccc1)Nc1ccc(-c2ccoc2C(=O)O)cc1. The fourth-order valence-corrected chi connectivity index (χ4v) is 2.58. The Kier molecular flexibility index (Phi) is 5.00. The quantitative estimate of drug-likeness (QED) is 0.654. The highest BCUT2D eigenvalue weighted by Crippen LogP contribution is 2.26. The van der Waals surface area contributed by atoms with Crippen LogP contribution < -0.4 is 5.32 Å². The summed E-state index contributed by atoms with van der Waals surface area (Å²) in [6, 6.07) is 19.6. The van der Waals surface area contributed by atoms with Crippen LogP contribution in [0.3, 0.4) is 0 Å². The molecular weight excluding hydrogens is 314 g/mol. The highest BCUT2D eigenvalue weighted by atomic mass is 16.4. The molecule has 3 rings (SSSR count). The zero-order chi connectivity index (χ0) is 17.6. The van der Waals surface area contributed by atoms with Crippen LogP contribution >= 0.6 is 0 Å². The summed E-state index contributed by atoms with van der Waals surface area (Å²) < 4.78 is 5.02. The molecule has 0 amide bonds. The van der Waals surface area contributed by atoms with E-state index in [4.69, 9.17) is 9.52 Å². The molecule has 126 valence electrons. The van der Waals surface area contributed by atoms with Crippen LogP contribution in [0.1, 0.15) is 23.0 Å². The maximum Gasteiger partial charge on any atom is 0.372 e. The Labute approximate surface area is 146 Å². The Morgan fingerprint density at radius 3 is 2.48 bits per heavy atom. The number of carbonyl (C=O) groups is 1. The Morgan fingerprint density at radius 2 is 1.80 bits per heavy atom. The largest absolute Gasteiger partial charge is 0.475 e. The average molecular weight is 333 g/mol. The van der Waals surface area contributed by atoms with Gasteiger partial charge in [0.2, 0.25) is 5.76 Å². The smallest absolute Gasteiger partial charge is 0.372 e. The average Bonchev–Trinajstić information content (AvgIpc) is 3.12. The van der Waals surface area contributed by atoms with Crippen molar-refractivity contribution in [3.8, 4) is 11.1 Å². The number of anilines is 1. The lowest BCUT2D eigenvalue weighted by Gasteiger charge is -2.12. The van der Waals surface area contributed by atoms with Gasteiger partial charge in [-0.1, -0.05) is 54.6 Å². The minimum absolute atomic E-state index is 0.0418. The normalized spacial score (nSPS) is 12.2. The van der Waals surface area contributed by atoms with Gasteiger partial charge in [0.1, 0.15) is 0 Å². The third-order valence-corrected chi connectivity index (χ3v) is 3.83. The van der Waals surface area contributed by atoms with Gasteiger partial charge in [0.05, 0.1) is 6.26 Å². The van der Waals surface area contributed by atoms with Gasteiger partial charge in [-0.2, -0.15) is 0 Å². The molecule has 2 N–H and O–H groups in total. The van der Waals surface area contributed by atoms with Crippen LogP contribution in [-0.4, -0.2) is 17.1 Å². The first-order valence-electron chi connectivity index (χ1n) is 8.04. The number of rotatable bonds is 6. The van der Waals surface area contributed by atoms with Crippen molar-refractivity contribution < 1.29 is 14.3 Å². The molecule has 4 nitrogen and oxygen atoms in total. The van der Waals surface area contributed by atoms with E-state index in [1.54, 1.807) is 6.07 Å². The molecule has 0 radical (unpaired) electrons. The van der Waals surface area contributed by atoms with Gasteiger partial charge >= 0.3 is 5.97 Å². The molecule has 1 unspecified atom stereocenters. The minimum atomic E-state index is -1.07. The van der Waals surface area contributed by atoms with Crippen molar-refractivity contribution in [1.29, 1.82) is 0 Å². The zero-order valence-corrected chi connectivity index (χ0v) is 13.8. The molecule has 2 aromatic carbocycles. The third-order valence-electron chi connectivity index (χ3n) is 3.83. The Morgan fingerprint density at radius 1 is 1.08 bits per heavy atom. The van der Waals surface area contributed by atoms with Gasteiger partial charge in [0.15, 0.2) is 0 Å². The highest BCUT2D eigenvalue weighted by molar-refractivity contribution is 5.93. The number of nitrogens with one attached hydrogen (secondary N) is 1. The second kappa shape index (κ2) is 7.53. The molecule has 1 atom stereocenters. The maximum atomic E-state index is 11.1. The number of hydrogen-bond donors (Lipinski definition) is 2. The van der Waals surface area contributed by atoms with Crippen molar-refractivity contribution in [2.45, 2.75) is 13.0 Å². The van der Waals surface area contributed by atoms with Gasteiger partial charge in [0, 0.05) is 17.3 Å². The van der Waals surface area contributed by atoms with E-state index in [1.165, 1.54) is 6.26 Å². The van der Waals surface area contributed by atoms with Crippen LogP contribution in [0.25, 0.3) is 17.2 Å². The lowest BCUT2D eigenvalue weighted by atomic mass is 10.1. The number of carboxylic acids is 1. The Balaban J connectivity index is 1.67. The van der Waals surface area contributed by atoms with E-state index in [1.807, 2.05) is 42.5 Å². The molecule has 0 bridgehead atoms. The molecule has 0 spiro atoms. The predicted octanol–water partition coefficient (Wildman–Crippen LogP) is 5.16. The molecule has 0 saturated carbocycles. The van der Waals surface area contributed by atoms with Gasteiger partial charge in [-0.3, -0.25) is 0 Å². The first kappa shape index (κ1) is 16.6. The molecule has 25 heavy (non-hydrogen) atoms. The van der Waals surface area contributed by atoms with Gasteiger partial charge in [-0.15, -0.1) is 0 Å². The first-order valence-corrected chi connectivity index (χ1v) is 8.04. The lowest BCUT2D eigenvalue weighted by Crippen LogP contribution is -2.11. The Bertz CT molecular complexity index is 864. The summed E-state index contributed by atoms with van der Waals surface area (Å²) in [4.78, 5) is 11.1. The van der Waals surface area contributed by atoms with Crippen LogP contribution in [0.5, 0.6) is 0 Å². The van der Waals surface area contributed by atoms with Crippen LogP contribution in [0, 0.1) is 0 Å². The van der Waals surface area contributed by atoms with E-state index >= 15 is 0 Å². The summed E-state index contributed by atoms with van der Waals surface area (Å²) in [7, 11) is 0. The van der Waals surface area contributed by atoms with Crippen molar-refractivity contribution in [3.63, 3.8) is 0 Å². The summed E-state index contributed by atoms with van der Waals surface area (Å²) in [5, 5.41) is 12.5. The molecule has 0 aliphatic carbocycles. The van der Waals surface area contributed by atoms with Crippen molar-refractivity contribution in [3.05, 3.63) is 84.3 Å². The number of aromatic carboxylic acids is 1. The number of benzene rings is 2. The zero-order valence-electron chi connectivity index (χ0n) is 13.8. The number of carboxylic acid groups (broad SMARTS) is 1. The predicted molar refractivity (Wildman–Crippen MR) is 99.7 cm³/mol. The monoisotopic (exact) mass is 333 g/mol. The van der Waals surface area contributed by atoms with Crippen molar-refractivity contribution in [2.75, 3.05) is 5.32 Å². The minimum Gasteiger partial charge on any atom is -0.475 e. The van der Waals surface area contributed by atoms with E-state index in [9.17, 15) is 4.79 Å². The van der Waals surface area contributed by atoms with Crippen LogP contribution in [0.2, 0.25) is 0 Å². The van der Waals surface area contributed by atoms with Gasteiger partial charge in [-0.25, -0.2) is 4.79 Å². The first-order chi connectivity index (χ1) is 12.1. The molecular formula is C21H19NO3. The second-order valence-corrected chi connectivity index (χ2v) is 5.75. The second-order valence-electron chi connectivity index (χ2n) is 5.75. The summed E-state index contributed by atoms with van der Waals surface area (Å²) in [6.45, 7) is 2.08. The van der Waals surface area contributed by atoms with Crippen LogP contribution in [-0.2, 0) is 0 Å². The molecule has 0 saturated heterocycles. The van der Waals surface area contributed by atoms with Crippen LogP contribution in [0.4, 0.5) is 5.69 Å². The van der Waals surface area contributed by atoms with Crippen molar-refractivity contribution in [1.82, 2.24) is 0 Å². The number of furan rings is 1. The molecule has 4 heteroatoms. The maximum absolute atomic E-state index is 11.1. The van der Waals surface area contributed by atoms with E-state index in [0.717, 1.165) is 16.8 Å². The van der Waals surface area contributed by atoms with Crippen molar-refractivity contribution >= 4 is 17.7 Å². The van der Waals surface area contributed by atoms with E-state index < -0.39 is 5.97 Å². The molecule has 3 aromatic rings. The molecule has 0 fully saturated rings. The van der Waals surface area contributed by atoms with Gasteiger partial charge in [-0.05, 0) is 36.2 Å². The standard InChI is InChI=1S/C21H19NO3/c1-15(7-8-16-5-3-2-4-6-16)22-18-11-9-17(10-12-18)19-13-14-25-20(19)21(23)24/h2-15,22H,1H3,(H,23,24)/b8-7+. The summed E-state index contributed by atoms with van der Waals surface area (Å²) in [6.07, 6.45) is 5.57. The lowest BCUT2D eigenvalue weighted by molar-refractivity contribution is 0.0663. The third kappa shape index (κ3) is 4.18. The van der Waals surface area contributed by atoms with Crippen molar-refractivity contribution in [2.24, 2.45) is 0 Å². The van der Waals surface area contributed by atoms with Gasteiger partial charge in [0.25, 0.3) is 0 Å². The number of hydrogen-bond acceptors (Lipinski definition) is 3. The molecule has 0 aliphatic rings. The topological polar surface area (TPSA) is 62.5 Å². The molecule has 0 aliphatic heterocycles. The summed E-state index contributed by atoms with van der Waals surface area (Å²) in [5.74, 6) is -1.11. The van der Waals surface area contributed by atoms with Crippen LogP contribution in [0.15, 0.2) is 77.4 Å².